The smallest absolute Gasteiger partial charge is 0.129 e. The van der Waals surface area contributed by atoms with Gasteiger partial charge in [-0.2, -0.15) is 0 Å². The van der Waals surface area contributed by atoms with E-state index in [0.717, 1.165) is 50.0 Å². The second-order valence-electron chi connectivity index (χ2n) is 5.64. The molecule has 4 nitrogen and oxygen atoms in total. The second kappa shape index (κ2) is 6.85. The highest BCUT2D eigenvalue weighted by Gasteiger charge is 2.27. The predicted octanol–water partition coefficient (Wildman–Crippen LogP) is 2.93. The van der Waals surface area contributed by atoms with Crippen molar-refractivity contribution in [1.82, 2.24) is 9.97 Å². The van der Waals surface area contributed by atoms with Gasteiger partial charge in [0.1, 0.15) is 12.1 Å². The standard InChI is InChI=1S/C15H25N3O/c1-2-7-13-10-14(18-12-17-13)16-11-15(19)8-5-3-4-6-9-15/h10,12,19H,2-9,11H2,1H3,(H,16,17,18). The molecule has 1 aromatic rings. The molecule has 0 aromatic carbocycles. The van der Waals surface area contributed by atoms with Crippen LogP contribution in [0.5, 0.6) is 0 Å². The van der Waals surface area contributed by atoms with Crippen molar-refractivity contribution in [2.45, 2.75) is 63.9 Å². The summed E-state index contributed by atoms with van der Waals surface area (Å²) in [5, 5.41) is 13.9. The second-order valence-corrected chi connectivity index (χ2v) is 5.64. The highest BCUT2D eigenvalue weighted by atomic mass is 16.3. The Hall–Kier alpha value is -1.16. The molecule has 1 aliphatic rings. The summed E-state index contributed by atoms with van der Waals surface area (Å²) in [5.74, 6) is 0.830. The first-order valence-corrected chi connectivity index (χ1v) is 7.49. The number of nitrogens with one attached hydrogen (secondary N) is 1. The molecular weight excluding hydrogens is 238 g/mol. The number of hydrogen-bond acceptors (Lipinski definition) is 4. The summed E-state index contributed by atoms with van der Waals surface area (Å²) >= 11 is 0. The SMILES string of the molecule is CCCc1cc(NCC2(O)CCCCCC2)ncn1. The fraction of sp³-hybridized carbons (Fsp3) is 0.733. The van der Waals surface area contributed by atoms with Crippen LogP contribution < -0.4 is 5.32 Å². The van der Waals surface area contributed by atoms with E-state index in [1.807, 2.05) is 6.07 Å². The number of nitrogens with zero attached hydrogens (tertiary/aromatic N) is 2. The van der Waals surface area contributed by atoms with Gasteiger partial charge in [0, 0.05) is 18.3 Å². The van der Waals surface area contributed by atoms with Gasteiger partial charge in [0.2, 0.25) is 0 Å². The van der Waals surface area contributed by atoms with Crippen molar-refractivity contribution in [2.24, 2.45) is 0 Å². The maximum atomic E-state index is 10.6. The summed E-state index contributed by atoms with van der Waals surface area (Å²) in [5.41, 5.74) is 0.500. The molecular formula is C15H25N3O. The minimum absolute atomic E-state index is 0.563. The molecule has 106 valence electrons. The van der Waals surface area contributed by atoms with Gasteiger partial charge in [-0.1, -0.05) is 39.0 Å². The molecule has 0 unspecified atom stereocenters. The van der Waals surface area contributed by atoms with Gasteiger partial charge in [0.05, 0.1) is 5.60 Å². The third kappa shape index (κ3) is 4.46. The molecule has 1 heterocycles. The van der Waals surface area contributed by atoms with Gasteiger partial charge in [0.25, 0.3) is 0 Å². The average molecular weight is 263 g/mol. The predicted molar refractivity (Wildman–Crippen MR) is 77.2 cm³/mol. The molecule has 0 saturated heterocycles. The van der Waals surface area contributed by atoms with Crippen molar-refractivity contribution < 1.29 is 5.11 Å². The maximum absolute atomic E-state index is 10.6. The van der Waals surface area contributed by atoms with Gasteiger partial charge < -0.3 is 10.4 Å². The summed E-state index contributed by atoms with van der Waals surface area (Å²) in [4.78, 5) is 8.47. The number of aryl methyl sites for hydroxylation is 1. The largest absolute Gasteiger partial charge is 0.388 e. The van der Waals surface area contributed by atoms with Crippen LogP contribution in [0.3, 0.4) is 0 Å². The highest BCUT2D eigenvalue weighted by Crippen LogP contribution is 2.27. The van der Waals surface area contributed by atoms with E-state index in [1.165, 1.54) is 12.8 Å². The summed E-state index contributed by atoms with van der Waals surface area (Å²) < 4.78 is 0. The van der Waals surface area contributed by atoms with Crippen LogP contribution in [0.25, 0.3) is 0 Å². The number of rotatable bonds is 5. The van der Waals surface area contributed by atoms with Crippen molar-refractivity contribution in [3.8, 4) is 0 Å². The number of aliphatic hydroxyl groups is 1. The first-order valence-electron chi connectivity index (χ1n) is 7.49. The molecule has 1 aromatic heterocycles. The molecule has 0 aliphatic heterocycles. The zero-order chi connectivity index (χ0) is 13.6. The van der Waals surface area contributed by atoms with Crippen molar-refractivity contribution in [3.63, 3.8) is 0 Å². The zero-order valence-corrected chi connectivity index (χ0v) is 11.9. The highest BCUT2D eigenvalue weighted by molar-refractivity contribution is 5.35. The normalized spacial score (nSPS) is 18.8. The fourth-order valence-corrected chi connectivity index (χ4v) is 2.71. The van der Waals surface area contributed by atoms with Crippen LogP contribution in [0.15, 0.2) is 12.4 Å². The quantitative estimate of drug-likeness (QED) is 0.802. The summed E-state index contributed by atoms with van der Waals surface area (Å²) in [6, 6.07) is 1.99. The third-order valence-corrected chi connectivity index (χ3v) is 3.86. The van der Waals surface area contributed by atoms with Crippen LogP contribution in [0.2, 0.25) is 0 Å². The lowest BCUT2D eigenvalue weighted by Gasteiger charge is -2.27. The van der Waals surface area contributed by atoms with Crippen molar-refractivity contribution in [3.05, 3.63) is 18.1 Å². The van der Waals surface area contributed by atoms with Crippen LogP contribution in [0, 0.1) is 0 Å². The lowest BCUT2D eigenvalue weighted by Crippen LogP contribution is -2.36. The molecule has 2 rings (SSSR count). The van der Waals surface area contributed by atoms with Crippen molar-refractivity contribution in [1.29, 1.82) is 0 Å². The van der Waals surface area contributed by atoms with Gasteiger partial charge in [-0.3, -0.25) is 0 Å². The number of anilines is 1. The maximum Gasteiger partial charge on any atom is 0.129 e. The molecule has 19 heavy (non-hydrogen) atoms. The lowest BCUT2D eigenvalue weighted by molar-refractivity contribution is 0.0380. The zero-order valence-electron chi connectivity index (χ0n) is 11.9. The Labute approximate surface area is 115 Å². The van der Waals surface area contributed by atoms with Gasteiger partial charge >= 0.3 is 0 Å². The van der Waals surface area contributed by atoms with Gasteiger partial charge in [-0.25, -0.2) is 9.97 Å². The summed E-state index contributed by atoms with van der Waals surface area (Å²) in [7, 11) is 0. The first-order chi connectivity index (χ1) is 9.22. The van der Waals surface area contributed by atoms with Crippen molar-refractivity contribution >= 4 is 5.82 Å². The minimum atomic E-state index is -0.563. The lowest BCUT2D eigenvalue weighted by atomic mass is 9.94. The monoisotopic (exact) mass is 263 g/mol. The summed E-state index contributed by atoms with van der Waals surface area (Å²) in [6.45, 7) is 2.74. The Morgan fingerprint density at radius 1 is 1.21 bits per heavy atom. The van der Waals surface area contributed by atoms with Crippen LogP contribution in [-0.4, -0.2) is 27.2 Å². The molecule has 0 atom stereocenters. The van der Waals surface area contributed by atoms with E-state index >= 15 is 0 Å². The number of aromatic nitrogens is 2. The molecule has 2 N–H and O–H groups in total. The Kier molecular flexibility index (Phi) is 5.14. The molecule has 1 fully saturated rings. The minimum Gasteiger partial charge on any atom is -0.388 e. The topological polar surface area (TPSA) is 58.0 Å². The van der Waals surface area contributed by atoms with Crippen LogP contribution in [-0.2, 0) is 6.42 Å². The Morgan fingerprint density at radius 2 is 1.95 bits per heavy atom. The van der Waals surface area contributed by atoms with Crippen molar-refractivity contribution in [2.75, 3.05) is 11.9 Å². The molecule has 1 aliphatic carbocycles. The van der Waals surface area contributed by atoms with E-state index in [0.29, 0.717) is 6.54 Å². The van der Waals surface area contributed by atoms with Crippen LogP contribution in [0.1, 0.15) is 57.6 Å². The van der Waals surface area contributed by atoms with E-state index in [9.17, 15) is 5.11 Å². The summed E-state index contributed by atoms with van der Waals surface area (Å²) in [6.07, 6.45) is 10.2. The van der Waals surface area contributed by atoms with Gasteiger partial charge in [-0.15, -0.1) is 0 Å². The molecule has 0 radical (unpaired) electrons. The molecule has 1 saturated carbocycles. The van der Waals surface area contributed by atoms with Gasteiger partial charge in [-0.05, 0) is 19.3 Å². The Balaban J connectivity index is 1.91. The average Bonchev–Trinajstić information content (AvgIpc) is 2.63. The van der Waals surface area contributed by atoms with E-state index in [1.54, 1.807) is 6.33 Å². The Morgan fingerprint density at radius 3 is 2.63 bits per heavy atom. The molecule has 0 amide bonds. The van der Waals surface area contributed by atoms with Crippen LogP contribution >= 0.6 is 0 Å². The number of hydrogen-bond donors (Lipinski definition) is 2. The van der Waals surface area contributed by atoms with E-state index < -0.39 is 5.60 Å². The molecule has 0 spiro atoms. The van der Waals surface area contributed by atoms with Crippen LogP contribution in [0.4, 0.5) is 5.82 Å². The Bertz CT molecular complexity index is 387. The van der Waals surface area contributed by atoms with E-state index in [2.05, 4.69) is 22.2 Å². The van der Waals surface area contributed by atoms with Gasteiger partial charge in [0.15, 0.2) is 0 Å². The molecule has 4 heteroatoms. The molecule has 0 bridgehead atoms. The first kappa shape index (κ1) is 14.3. The van der Waals surface area contributed by atoms with E-state index in [-0.39, 0.29) is 0 Å². The van der Waals surface area contributed by atoms with E-state index in [4.69, 9.17) is 0 Å². The fourth-order valence-electron chi connectivity index (χ4n) is 2.71. The third-order valence-electron chi connectivity index (χ3n) is 3.86.